The second kappa shape index (κ2) is 4.94. The molecule has 1 aromatic heterocycles. The van der Waals surface area contributed by atoms with E-state index in [1.54, 1.807) is 7.11 Å². The van der Waals surface area contributed by atoms with Crippen molar-refractivity contribution in [2.24, 2.45) is 0 Å². The summed E-state index contributed by atoms with van der Waals surface area (Å²) >= 11 is 0. The van der Waals surface area contributed by atoms with Gasteiger partial charge in [-0.1, -0.05) is 0 Å². The molecule has 1 aromatic carbocycles. The molecule has 1 amide bonds. The maximum atomic E-state index is 12.5. The summed E-state index contributed by atoms with van der Waals surface area (Å²) in [5, 5.41) is 1.08. The Morgan fingerprint density at radius 3 is 2.75 bits per heavy atom. The number of rotatable bonds is 2. The van der Waals surface area contributed by atoms with E-state index in [0.717, 1.165) is 42.4 Å². The molecule has 2 aromatic rings. The summed E-state index contributed by atoms with van der Waals surface area (Å²) in [5.74, 6) is 0.117. The van der Waals surface area contributed by atoms with Crippen molar-refractivity contribution in [3.63, 3.8) is 0 Å². The lowest BCUT2D eigenvalue weighted by Gasteiger charge is -2.38. The number of piperidine rings is 1. The van der Waals surface area contributed by atoms with Crippen molar-refractivity contribution in [1.29, 1.82) is 0 Å². The van der Waals surface area contributed by atoms with Crippen molar-refractivity contribution in [2.75, 3.05) is 20.2 Å². The van der Waals surface area contributed by atoms with Gasteiger partial charge in [0.15, 0.2) is 0 Å². The Morgan fingerprint density at radius 1 is 1.30 bits per heavy atom. The number of H-pyrrole nitrogens is 1. The van der Waals surface area contributed by atoms with Gasteiger partial charge in [0.2, 0.25) is 0 Å². The summed E-state index contributed by atoms with van der Waals surface area (Å²) in [7, 11) is 1.75. The molecule has 1 fully saturated rings. The van der Waals surface area contributed by atoms with Crippen molar-refractivity contribution in [3.05, 3.63) is 36.0 Å². The standard InChI is InChI=1S/C16H20N2O2/c1-16(20-2)6-9-18(10-7-16)15(19)13-3-4-14-12(11-13)5-8-17-14/h3-5,8,11,17H,6-7,9-10H2,1-2H3. The number of methoxy groups -OCH3 is 1. The number of amides is 1. The number of aromatic amines is 1. The Hall–Kier alpha value is -1.81. The van der Waals surface area contributed by atoms with Gasteiger partial charge >= 0.3 is 0 Å². The number of ether oxygens (including phenoxy) is 1. The highest BCUT2D eigenvalue weighted by molar-refractivity contribution is 5.98. The lowest BCUT2D eigenvalue weighted by molar-refractivity contribution is -0.0379. The van der Waals surface area contributed by atoms with Gasteiger partial charge in [-0.2, -0.15) is 0 Å². The molecule has 1 N–H and O–H groups in total. The van der Waals surface area contributed by atoms with E-state index < -0.39 is 0 Å². The summed E-state index contributed by atoms with van der Waals surface area (Å²) < 4.78 is 5.52. The molecule has 1 aliphatic rings. The number of likely N-dealkylation sites (tertiary alicyclic amines) is 1. The number of aromatic nitrogens is 1. The van der Waals surface area contributed by atoms with Crippen LogP contribution < -0.4 is 0 Å². The van der Waals surface area contributed by atoms with Crippen LogP contribution in [-0.2, 0) is 4.74 Å². The molecule has 0 saturated carbocycles. The van der Waals surface area contributed by atoms with Crippen LogP contribution >= 0.6 is 0 Å². The third-order valence-electron chi connectivity index (χ3n) is 4.40. The van der Waals surface area contributed by atoms with Gasteiger partial charge in [-0.05, 0) is 44.0 Å². The van der Waals surface area contributed by atoms with E-state index in [-0.39, 0.29) is 11.5 Å². The Kier molecular flexibility index (Phi) is 3.26. The van der Waals surface area contributed by atoms with Gasteiger partial charge in [0.05, 0.1) is 5.60 Å². The first kappa shape index (κ1) is 13.2. The molecule has 0 unspecified atom stereocenters. The van der Waals surface area contributed by atoms with Crippen LogP contribution in [0.25, 0.3) is 10.9 Å². The molecule has 1 aliphatic heterocycles. The van der Waals surface area contributed by atoms with Crippen LogP contribution in [0.3, 0.4) is 0 Å². The molecule has 4 heteroatoms. The zero-order chi connectivity index (χ0) is 14.2. The molecule has 3 rings (SSSR count). The third-order valence-corrected chi connectivity index (χ3v) is 4.40. The lowest BCUT2D eigenvalue weighted by Crippen LogP contribution is -2.46. The van der Waals surface area contributed by atoms with Crippen molar-refractivity contribution < 1.29 is 9.53 Å². The molecule has 106 valence electrons. The van der Waals surface area contributed by atoms with Crippen LogP contribution in [-0.4, -0.2) is 41.6 Å². The molecule has 0 aliphatic carbocycles. The minimum atomic E-state index is -0.0820. The third kappa shape index (κ3) is 2.31. The monoisotopic (exact) mass is 272 g/mol. The normalized spacial score (nSPS) is 18.4. The summed E-state index contributed by atoms with van der Waals surface area (Å²) in [5.41, 5.74) is 1.74. The highest BCUT2D eigenvalue weighted by Crippen LogP contribution is 2.26. The Morgan fingerprint density at radius 2 is 2.05 bits per heavy atom. The average Bonchev–Trinajstić information content (AvgIpc) is 2.94. The molecule has 0 atom stereocenters. The minimum Gasteiger partial charge on any atom is -0.378 e. The van der Waals surface area contributed by atoms with Crippen molar-refractivity contribution >= 4 is 16.8 Å². The van der Waals surface area contributed by atoms with Crippen LogP contribution in [0.4, 0.5) is 0 Å². The number of fused-ring (bicyclic) bond motifs is 1. The van der Waals surface area contributed by atoms with Crippen molar-refractivity contribution in [2.45, 2.75) is 25.4 Å². The quantitative estimate of drug-likeness (QED) is 0.913. The number of hydrogen-bond acceptors (Lipinski definition) is 2. The molecule has 2 heterocycles. The number of benzene rings is 1. The number of nitrogens with one attached hydrogen (secondary N) is 1. The Bertz CT molecular complexity index is 624. The first-order valence-electron chi connectivity index (χ1n) is 7.03. The van der Waals surface area contributed by atoms with Crippen molar-refractivity contribution in [1.82, 2.24) is 9.88 Å². The number of carbonyl (C=O) groups excluding carboxylic acids is 1. The lowest BCUT2D eigenvalue weighted by atomic mass is 9.93. The zero-order valence-corrected chi connectivity index (χ0v) is 12.0. The predicted octanol–water partition coefficient (Wildman–Crippen LogP) is 2.81. The van der Waals surface area contributed by atoms with Crippen LogP contribution in [0.2, 0.25) is 0 Å². The Labute approximate surface area is 118 Å². The summed E-state index contributed by atoms with van der Waals surface area (Å²) in [6.07, 6.45) is 3.67. The fraction of sp³-hybridized carbons (Fsp3) is 0.438. The number of hydrogen-bond donors (Lipinski definition) is 1. The highest BCUT2D eigenvalue weighted by Gasteiger charge is 2.31. The van der Waals surface area contributed by atoms with E-state index in [1.165, 1.54) is 0 Å². The number of carbonyl (C=O) groups is 1. The molecule has 0 spiro atoms. The smallest absolute Gasteiger partial charge is 0.253 e. The first-order chi connectivity index (χ1) is 9.61. The van der Waals surface area contributed by atoms with E-state index in [1.807, 2.05) is 35.4 Å². The topological polar surface area (TPSA) is 45.3 Å². The molecule has 0 bridgehead atoms. The summed E-state index contributed by atoms with van der Waals surface area (Å²) in [6, 6.07) is 7.81. The highest BCUT2D eigenvalue weighted by atomic mass is 16.5. The van der Waals surface area contributed by atoms with E-state index >= 15 is 0 Å². The van der Waals surface area contributed by atoms with Gasteiger partial charge in [-0.25, -0.2) is 0 Å². The summed E-state index contributed by atoms with van der Waals surface area (Å²) in [6.45, 7) is 3.63. The first-order valence-corrected chi connectivity index (χ1v) is 7.03. The fourth-order valence-electron chi connectivity index (χ4n) is 2.76. The fourth-order valence-corrected chi connectivity index (χ4v) is 2.76. The van der Waals surface area contributed by atoms with E-state index in [4.69, 9.17) is 4.74 Å². The maximum absolute atomic E-state index is 12.5. The molecule has 1 saturated heterocycles. The molecular weight excluding hydrogens is 252 g/mol. The Balaban J connectivity index is 1.76. The zero-order valence-electron chi connectivity index (χ0n) is 12.0. The molecule has 0 radical (unpaired) electrons. The number of nitrogens with zero attached hydrogens (tertiary/aromatic N) is 1. The van der Waals surface area contributed by atoms with Gasteiger partial charge in [-0.15, -0.1) is 0 Å². The predicted molar refractivity (Wildman–Crippen MR) is 78.9 cm³/mol. The van der Waals surface area contributed by atoms with E-state index in [9.17, 15) is 4.79 Å². The van der Waals surface area contributed by atoms with Crippen LogP contribution in [0, 0.1) is 0 Å². The largest absolute Gasteiger partial charge is 0.378 e. The van der Waals surface area contributed by atoms with Gasteiger partial charge in [0.25, 0.3) is 5.91 Å². The van der Waals surface area contributed by atoms with Gasteiger partial charge in [-0.3, -0.25) is 4.79 Å². The van der Waals surface area contributed by atoms with Gasteiger partial charge in [0.1, 0.15) is 0 Å². The summed E-state index contributed by atoms with van der Waals surface area (Å²) in [4.78, 5) is 17.6. The molecular formula is C16H20N2O2. The van der Waals surface area contributed by atoms with Crippen LogP contribution in [0.15, 0.2) is 30.5 Å². The molecule has 4 nitrogen and oxygen atoms in total. The second-order valence-corrected chi connectivity index (χ2v) is 5.73. The van der Waals surface area contributed by atoms with Gasteiger partial charge < -0.3 is 14.6 Å². The van der Waals surface area contributed by atoms with Gasteiger partial charge in [0, 0.05) is 42.9 Å². The van der Waals surface area contributed by atoms with Crippen molar-refractivity contribution in [3.8, 4) is 0 Å². The maximum Gasteiger partial charge on any atom is 0.253 e. The average molecular weight is 272 g/mol. The van der Waals surface area contributed by atoms with Crippen LogP contribution in [0.5, 0.6) is 0 Å². The van der Waals surface area contributed by atoms with E-state index in [2.05, 4.69) is 11.9 Å². The van der Waals surface area contributed by atoms with E-state index in [0.29, 0.717) is 0 Å². The molecule has 20 heavy (non-hydrogen) atoms. The SMILES string of the molecule is COC1(C)CCN(C(=O)c2ccc3[nH]ccc3c2)CC1. The minimum absolute atomic E-state index is 0.0820. The second-order valence-electron chi connectivity index (χ2n) is 5.73. The van der Waals surface area contributed by atoms with Crippen LogP contribution in [0.1, 0.15) is 30.1 Å².